The van der Waals surface area contributed by atoms with Gasteiger partial charge in [0.25, 0.3) is 0 Å². The van der Waals surface area contributed by atoms with Gasteiger partial charge in [-0.15, -0.1) is 0 Å². The summed E-state index contributed by atoms with van der Waals surface area (Å²) in [6, 6.07) is 0.745. The average molecular weight is 154 g/mol. The van der Waals surface area contributed by atoms with Crippen molar-refractivity contribution >= 4 is 0 Å². The second kappa shape index (κ2) is 1.99. The van der Waals surface area contributed by atoms with Crippen LogP contribution in [0.25, 0.3) is 0 Å². The number of hydrogen-bond donors (Lipinski definition) is 2. The molecule has 2 aliphatic heterocycles. The minimum atomic E-state index is 0.387. The van der Waals surface area contributed by atoms with Gasteiger partial charge in [0.15, 0.2) is 0 Å². The van der Waals surface area contributed by atoms with Gasteiger partial charge in [0, 0.05) is 24.7 Å². The Morgan fingerprint density at radius 1 is 1.36 bits per heavy atom. The highest BCUT2D eigenvalue weighted by molar-refractivity contribution is 5.12. The van der Waals surface area contributed by atoms with Crippen LogP contribution in [0.1, 0.15) is 27.2 Å². The summed E-state index contributed by atoms with van der Waals surface area (Å²) >= 11 is 0. The van der Waals surface area contributed by atoms with E-state index in [1.54, 1.807) is 0 Å². The fourth-order valence-electron chi connectivity index (χ4n) is 2.32. The molecule has 2 rings (SSSR count). The highest BCUT2D eigenvalue weighted by atomic mass is 15.2. The van der Waals surface area contributed by atoms with Crippen LogP contribution < -0.4 is 10.6 Å². The topological polar surface area (TPSA) is 24.1 Å². The first-order chi connectivity index (χ1) is 5.04. The minimum absolute atomic E-state index is 0.387. The molecule has 2 N–H and O–H groups in total. The normalized spacial score (nSPS) is 43.4. The van der Waals surface area contributed by atoms with Crippen LogP contribution in [0.2, 0.25) is 0 Å². The van der Waals surface area contributed by atoms with Crippen molar-refractivity contribution in [2.45, 2.75) is 38.8 Å². The lowest BCUT2D eigenvalue weighted by molar-refractivity contribution is 0.174. The van der Waals surface area contributed by atoms with E-state index in [-0.39, 0.29) is 0 Å². The highest BCUT2D eigenvalue weighted by Crippen LogP contribution is 2.40. The number of rotatable bonds is 0. The molecule has 0 amide bonds. The quantitative estimate of drug-likeness (QED) is 0.537. The monoisotopic (exact) mass is 154 g/mol. The average Bonchev–Trinajstić information content (AvgIpc) is 2.42. The summed E-state index contributed by atoms with van der Waals surface area (Å²) in [6.07, 6.45) is 1.32. The Morgan fingerprint density at radius 3 is 2.27 bits per heavy atom. The predicted molar refractivity (Wildman–Crippen MR) is 46.6 cm³/mol. The van der Waals surface area contributed by atoms with Crippen molar-refractivity contribution in [3.63, 3.8) is 0 Å². The van der Waals surface area contributed by atoms with E-state index in [0.29, 0.717) is 11.0 Å². The van der Waals surface area contributed by atoms with E-state index in [1.165, 1.54) is 6.42 Å². The predicted octanol–water partition coefficient (Wildman–Crippen LogP) is 0.736. The molecule has 2 unspecified atom stereocenters. The van der Waals surface area contributed by atoms with Crippen LogP contribution >= 0.6 is 0 Å². The van der Waals surface area contributed by atoms with Crippen LogP contribution in [-0.2, 0) is 0 Å². The molecule has 2 bridgehead atoms. The molecule has 11 heavy (non-hydrogen) atoms. The lowest BCUT2D eigenvalue weighted by atomic mass is 9.74. The summed E-state index contributed by atoms with van der Waals surface area (Å²) in [6.45, 7) is 9.30. The zero-order chi connectivity index (χ0) is 8.11. The summed E-state index contributed by atoms with van der Waals surface area (Å²) in [4.78, 5) is 0. The molecule has 0 saturated carbocycles. The Balaban J connectivity index is 2.23. The second-order valence-corrected chi connectivity index (χ2v) is 4.99. The Labute approximate surface area is 68.7 Å². The van der Waals surface area contributed by atoms with Gasteiger partial charge in [0.2, 0.25) is 0 Å². The van der Waals surface area contributed by atoms with Gasteiger partial charge in [0.1, 0.15) is 0 Å². The Kier molecular flexibility index (Phi) is 1.37. The zero-order valence-electron chi connectivity index (χ0n) is 7.70. The van der Waals surface area contributed by atoms with Crippen LogP contribution in [0.5, 0.6) is 0 Å². The van der Waals surface area contributed by atoms with Gasteiger partial charge in [-0.25, -0.2) is 0 Å². The smallest absolute Gasteiger partial charge is 0.0371 e. The van der Waals surface area contributed by atoms with Crippen molar-refractivity contribution in [2.75, 3.05) is 13.1 Å². The molecule has 0 spiro atoms. The van der Waals surface area contributed by atoms with Crippen molar-refractivity contribution < 1.29 is 0 Å². The van der Waals surface area contributed by atoms with Gasteiger partial charge in [-0.2, -0.15) is 0 Å². The molecule has 2 heterocycles. The standard InChI is InChI=1S/C9H18N2/c1-8(2,3)9-4-7(5-11-9)10-6-9/h7,10-11H,4-6H2,1-3H3. The zero-order valence-corrected chi connectivity index (χ0v) is 7.70. The van der Waals surface area contributed by atoms with Gasteiger partial charge >= 0.3 is 0 Å². The molecule has 2 saturated heterocycles. The molecule has 2 aliphatic rings. The Bertz CT molecular complexity index is 161. The lowest BCUT2D eigenvalue weighted by Gasteiger charge is -2.40. The Morgan fingerprint density at radius 2 is 2.09 bits per heavy atom. The third-order valence-electron chi connectivity index (χ3n) is 3.41. The number of nitrogens with one attached hydrogen (secondary N) is 2. The number of hydrogen-bond acceptors (Lipinski definition) is 2. The van der Waals surface area contributed by atoms with E-state index in [9.17, 15) is 0 Å². The third kappa shape index (κ3) is 0.926. The molecule has 2 fully saturated rings. The lowest BCUT2D eigenvalue weighted by Crippen LogP contribution is -2.57. The molecule has 0 aromatic rings. The second-order valence-electron chi connectivity index (χ2n) is 4.99. The van der Waals surface area contributed by atoms with Crippen LogP contribution in [0, 0.1) is 5.41 Å². The maximum atomic E-state index is 3.65. The number of piperazine rings is 1. The molecule has 0 aromatic heterocycles. The van der Waals surface area contributed by atoms with E-state index in [0.717, 1.165) is 19.1 Å². The van der Waals surface area contributed by atoms with Crippen molar-refractivity contribution in [3.8, 4) is 0 Å². The first-order valence-electron chi connectivity index (χ1n) is 4.52. The summed E-state index contributed by atoms with van der Waals surface area (Å²) in [5.41, 5.74) is 0.781. The molecule has 2 heteroatoms. The van der Waals surface area contributed by atoms with Crippen molar-refractivity contribution in [2.24, 2.45) is 5.41 Å². The van der Waals surface area contributed by atoms with E-state index in [1.807, 2.05) is 0 Å². The molecule has 2 nitrogen and oxygen atoms in total. The molecule has 0 aliphatic carbocycles. The maximum absolute atomic E-state index is 3.65. The first kappa shape index (κ1) is 7.56. The molecule has 64 valence electrons. The van der Waals surface area contributed by atoms with E-state index >= 15 is 0 Å². The van der Waals surface area contributed by atoms with Gasteiger partial charge in [-0.05, 0) is 11.8 Å². The summed E-state index contributed by atoms with van der Waals surface area (Å²) in [5.74, 6) is 0. The Hall–Kier alpha value is -0.0800. The third-order valence-corrected chi connectivity index (χ3v) is 3.41. The van der Waals surface area contributed by atoms with E-state index in [4.69, 9.17) is 0 Å². The van der Waals surface area contributed by atoms with Crippen LogP contribution in [0.15, 0.2) is 0 Å². The van der Waals surface area contributed by atoms with E-state index in [2.05, 4.69) is 31.4 Å². The van der Waals surface area contributed by atoms with Crippen molar-refractivity contribution in [1.29, 1.82) is 0 Å². The van der Waals surface area contributed by atoms with Gasteiger partial charge in [-0.3, -0.25) is 0 Å². The van der Waals surface area contributed by atoms with Gasteiger partial charge in [-0.1, -0.05) is 20.8 Å². The molecule has 2 atom stereocenters. The highest BCUT2D eigenvalue weighted by Gasteiger charge is 2.51. The molecular weight excluding hydrogens is 136 g/mol. The summed E-state index contributed by atoms with van der Waals surface area (Å²) in [5, 5.41) is 7.19. The summed E-state index contributed by atoms with van der Waals surface area (Å²) < 4.78 is 0. The minimum Gasteiger partial charge on any atom is -0.311 e. The first-order valence-corrected chi connectivity index (χ1v) is 4.52. The number of fused-ring (bicyclic) bond motifs is 2. The summed E-state index contributed by atoms with van der Waals surface area (Å²) in [7, 11) is 0. The molecule has 0 radical (unpaired) electrons. The van der Waals surface area contributed by atoms with Crippen LogP contribution in [0.4, 0.5) is 0 Å². The SMILES string of the molecule is CC(C)(C)C12CNC(CN1)C2. The fourth-order valence-corrected chi connectivity index (χ4v) is 2.32. The van der Waals surface area contributed by atoms with Gasteiger partial charge in [0.05, 0.1) is 0 Å². The molecular formula is C9H18N2. The van der Waals surface area contributed by atoms with Crippen LogP contribution in [-0.4, -0.2) is 24.7 Å². The van der Waals surface area contributed by atoms with Crippen molar-refractivity contribution in [1.82, 2.24) is 10.6 Å². The maximum Gasteiger partial charge on any atom is 0.0371 e. The van der Waals surface area contributed by atoms with E-state index < -0.39 is 0 Å². The largest absolute Gasteiger partial charge is 0.311 e. The fraction of sp³-hybridized carbons (Fsp3) is 1.00. The van der Waals surface area contributed by atoms with Crippen LogP contribution in [0.3, 0.4) is 0 Å². The van der Waals surface area contributed by atoms with Crippen molar-refractivity contribution in [3.05, 3.63) is 0 Å². The molecule has 0 aromatic carbocycles. The van der Waals surface area contributed by atoms with Gasteiger partial charge < -0.3 is 10.6 Å².